The number of carbonyl (C=O) groups excluding carboxylic acids is 2. The summed E-state index contributed by atoms with van der Waals surface area (Å²) < 4.78 is 36.2. The summed E-state index contributed by atoms with van der Waals surface area (Å²) in [6, 6.07) is 2.09. The number of ether oxygens (including phenoxy) is 4. The maximum absolute atomic E-state index is 14.5. The van der Waals surface area contributed by atoms with E-state index in [4.69, 9.17) is 18.9 Å². The first kappa shape index (κ1) is 22.9. The Morgan fingerprint density at radius 1 is 1.31 bits per heavy atom. The number of esters is 1. The van der Waals surface area contributed by atoms with E-state index in [1.54, 1.807) is 48.5 Å². The Hall–Kier alpha value is -2.35. The Morgan fingerprint density at radius 2 is 1.97 bits per heavy atom. The quantitative estimate of drug-likeness (QED) is 0.680. The van der Waals surface area contributed by atoms with Gasteiger partial charge in [0.05, 0.1) is 24.8 Å². The van der Waals surface area contributed by atoms with Gasteiger partial charge in [-0.25, -0.2) is 14.0 Å². The van der Waals surface area contributed by atoms with Crippen LogP contribution in [-0.4, -0.2) is 54.2 Å². The standard InChI is InChI=1S/C21H30FNO6/c1-8-26-18(24)15-10-16(22)17(9-13(15)2)27-11-14-12-28-21(6,7)23(14)19(25)29-20(3,4)5/h9-10,14H,8,11-12H2,1-7H3/t14-/m0/s1. The molecule has 7 nitrogen and oxygen atoms in total. The third-order valence-corrected chi connectivity index (χ3v) is 4.37. The summed E-state index contributed by atoms with van der Waals surface area (Å²) in [5.74, 6) is -1.28. The fourth-order valence-electron chi connectivity index (χ4n) is 3.07. The van der Waals surface area contributed by atoms with E-state index in [1.807, 2.05) is 0 Å². The first-order valence-electron chi connectivity index (χ1n) is 9.62. The molecule has 1 aliphatic heterocycles. The third-order valence-electron chi connectivity index (χ3n) is 4.37. The van der Waals surface area contributed by atoms with Gasteiger partial charge in [-0.05, 0) is 66.2 Å². The van der Waals surface area contributed by atoms with E-state index in [0.717, 1.165) is 6.07 Å². The van der Waals surface area contributed by atoms with Gasteiger partial charge in [0, 0.05) is 0 Å². The average Bonchev–Trinajstić information content (AvgIpc) is 2.88. The molecule has 0 unspecified atom stereocenters. The predicted octanol–water partition coefficient (Wildman–Crippen LogP) is 4.06. The minimum absolute atomic E-state index is 0.00982. The summed E-state index contributed by atoms with van der Waals surface area (Å²) in [6.07, 6.45) is -0.525. The fourth-order valence-corrected chi connectivity index (χ4v) is 3.07. The molecule has 0 spiro atoms. The molecule has 1 aliphatic rings. The molecule has 0 bridgehead atoms. The van der Waals surface area contributed by atoms with Crippen molar-refractivity contribution in [1.82, 2.24) is 4.90 Å². The molecular formula is C21H30FNO6. The number of aryl methyl sites for hydroxylation is 1. The van der Waals surface area contributed by atoms with Gasteiger partial charge in [-0.15, -0.1) is 0 Å². The van der Waals surface area contributed by atoms with Crippen LogP contribution in [0, 0.1) is 12.7 Å². The van der Waals surface area contributed by atoms with Crippen LogP contribution in [0.3, 0.4) is 0 Å². The Bertz CT molecular complexity index is 771. The van der Waals surface area contributed by atoms with E-state index in [2.05, 4.69) is 0 Å². The van der Waals surface area contributed by atoms with Crippen molar-refractivity contribution < 1.29 is 32.9 Å². The molecule has 0 aliphatic carbocycles. The Labute approximate surface area is 171 Å². The van der Waals surface area contributed by atoms with E-state index in [1.165, 1.54) is 11.0 Å². The van der Waals surface area contributed by atoms with Crippen LogP contribution in [0.2, 0.25) is 0 Å². The second-order valence-corrected chi connectivity index (χ2v) is 8.39. The number of hydrogen-bond acceptors (Lipinski definition) is 6. The zero-order valence-corrected chi connectivity index (χ0v) is 18.1. The molecule has 1 aromatic carbocycles. The lowest BCUT2D eigenvalue weighted by molar-refractivity contribution is -0.0637. The van der Waals surface area contributed by atoms with Crippen LogP contribution in [0.5, 0.6) is 5.75 Å². The molecule has 162 valence electrons. The van der Waals surface area contributed by atoms with Crippen molar-refractivity contribution in [3.8, 4) is 5.75 Å². The number of halogens is 1. The smallest absolute Gasteiger partial charge is 0.413 e. The van der Waals surface area contributed by atoms with E-state index in [-0.39, 0.29) is 31.1 Å². The number of carbonyl (C=O) groups is 2. The number of rotatable bonds is 5. The molecule has 29 heavy (non-hydrogen) atoms. The Balaban J connectivity index is 2.14. The minimum atomic E-state index is -0.876. The van der Waals surface area contributed by atoms with Gasteiger partial charge in [0.15, 0.2) is 11.6 Å². The van der Waals surface area contributed by atoms with Crippen LogP contribution in [-0.2, 0) is 14.2 Å². The maximum Gasteiger partial charge on any atom is 0.413 e. The molecule has 1 aromatic rings. The van der Waals surface area contributed by atoms with Crippen LogP contribution < -0.4 is 4.74 Å². The highest BCUT2D eigenvalue weighted by Gasteiger charge is 2.46. The van der Waals surface area contributed by atoms with Crippen LogP contribution in [0.15, 0.2) is 12.1 Å². The second-order valence-electron chi connectivity index (χ2n) is 8.39. The van der Waals surface area contributed by atoms with Gasteiger partial charge in [-0.2, -0.15) is 0 Å². The molecule has 8 heteroatoms. The van der Waals surface area contributed by atoms with Gasteiger partial charge in [0.2, 0.25) is 0 Å². The lowest BCUT2D eigenvalue weighted by Crippen LogP contribution is -2.51. The van der Waals surface area contributed by atoms with Crippen molar-refractivity contribution in [2.45, 2.75) is 65.8 Å². The topological polar surface area (TPSA) is 74.3 Å². The lowest BCUT2D eigenvalue weighted by Gasteiger charge is -2.35. The molecule has 1 saturated heterocycles. The zero-order chi connectivity index (χ0) is 22.0. The van der Waals surface area contributed by atoms with Crippen molar-refractivity contribution in [3.05, 3.63) is 29.1 Å². The number of nitrogens with zero attached hydrogens (tertiary/aromatic N) is 1. The minimum Gasteiger partial charge on any atom is -0.488 e. The van der Waals surface area contributed by atoms with Crippen molar-refractivity contribution in [1.29, 1.82) is 0 Å². The SMILES string of the molecule is CCOC(=O)c1cc(F)c(OC[C@H]2COC(C)(C)N2C(=O)OC(C)(C)C)cc1C. The summed E-state index contributed by atoms with van der Waals surface area (Å²) in [5, 5.41) is 0. The molecule has 0 radical (unpaired) electrons. The van der Waals surface area contributed by atoms with Gasteiger partial charge in [-0.3, -0.25) is 4.90 Å². The summed E-state index contributed by atoms with van der Waals surface area (Å²) >= 11 is 0. The van der Waals surface area contributed by atoms with Crippen LogP contribution in [0.1, 0.15) is 57.5 Å². The van der Waals surface area contributed by atoms with Gasteiger partial charge in [0.1, 0.15) is 17.9 Å². The van der Waals surface area contributed by atoms with E-state index in [9.17, 15) is 14.0 Å². The highest BCUT2D eigenvalue weighted by Crippen LogP contribution is 2.30. The molecule has 2 rings (SSSR count). The highest BCUT2D eigenvalue weighted by atomic mass is 19.1. The largest absolute Gasteiger partial charge is 0.488 e. The highest BCUT2D eigenvalue weighted by molar-refractivity contribution is 5.91. The van der Waals surface area contributed by atoms with Gasteiger partial charge >= 0.3 is 12.1 Å². The summed E-state index contributed by atoms with van der Waals surface area (Å²) in [7, 11) is 0. The van der Waals surface area contributed by atoms with Crippen molar-refractivity contribution in [2.75, 3.05) is 19.8 Å². The lowest BCUT2D eigenvalue weighted by atomic mass is 10.1. The van der Waals surface area contributed by atoms with Crippen LogP contribution >= 0.6 is 0 Å². The first-order chi connectivity index (χ1) is 13.4. The van der Waals surface area contributed by atoms with E-state index < -0.39 is 35.2 Å². The van der Waals surface area contributed by atoms with Crippen LogP contribution in [0.4, 0.5) is 9.18 Å². The predicted molar refractivity (Wildman–Crippen MR) is 104 cm³/mol. The molecule has 0 saturated carbocycles. The summed E-state index contributed by atoms with van der Waals surface area (Å²) in [6.45, 7) is 12.7. The maximum atomic E-state index is 14.5. The molecular weight excluding hydrogens is 381 g/mol. The molecule has 1 heterocycles. The van der Waals surface area contributed by atoms with Gasteiger partial charge in [-0.1, -0.05) is 0 Å². The molecule has 1 atom stereocenters. The first-order valence-corrected chi connectivity index (χ1v) is 9.62. The molecule has 1 fully saturated rings. The monoisotopic (exact) mass is 411 g/mol. The van der Waals surface area contributed by atoms with Gasteiger partial charge in [0.25, 0.3) is 0 Å². The van der Waals surface area contributed by atoms with E-state index in [0.29, 0.717) is 5.56 Å². The number of benzene rings is 1. The molecule has 0 aromatic heterocycles. The average molecular weight is 411 g/mol. The summed E-state index contributed by atoms with van der Waals surface area (Å²) in [4.78, 5) is 26.0. The second kappa shape index (κ2) is 8.57. The van der Waals surface area contributed by atoms with Crippen molar-refractivity contribution in [2.24, 2.45) is 0 Å². The Morgan fingerprint density at radius 3 is 2.55 bits per heavy atom. The molecule has 0 N–H and O–H groups in total. The van der Waals surface area contributed by atoms with E-state index >= 15 is 0 Å². The van der Waals surface area contributed by atoms with Gasteiger partial charge < -0.3 is 18.9 Å². The third kappa shape index (κ3) is 5.59. The Kier molecular flexibility index (Phi) is 6.78. The number of amides is 1. The van der Waals surface area contributed by atoms with Crippen LogP contribution in [0.25, 0.3) is 0 Å². The van der Waals surface area contributed by atoms with Crippen molar-refractivity contribution in [3.63, 3.8) is 0 Å². The molecule has 1 amide bonds. The fraction of sp³-hybridized carbons (Fsp3) is 0.619. The van der Waals surface area contributed by atoms with Crippen molar-refractivity contribution >= 4 is 12.1 Å². The number of hydrogen-bond donors (Lipinski definition) is 0. The normalized spacial score (nSPS) is 18.5. The summed E-state index contributed by atoms with van der Waals surface area (Å²) in [5.41, 5.74) is -0.851. The zero-order valence-electron chi connectivity index (χ0n) is 18.1.